The fourth-order valence-electron chi connectivity index (χ4n) is 2.72. The molecule has 0 bridgehead atoms. The van der Waals surface area contributed by atoms with Gasteiger partial charge >= 0.3 is 5.97 Å². The van der Waals surface area contributed by atoms with E-state index >= 15 is 0 Å². The molecule has 0 radical (unpaired) electrons. The molecule has 0 saturated carbocycles. The number of ether oxygens (including phenoxy) is 1. The van der Waals surface area contributed by atoms with Gasteiger partial charge in [-0.1, -0.05) is 48.5 Å². The van der Waals surface area contributed by atoms with Crippen LogP contribution in [0.3, 0.4) is 0 Å². The van der Waals surface area contributed by atoms with Crippen LogP contribution in [0, 0.1) is 0 Å². The molecule has 3 rings (SSSR count). The van der Waals surface area contributed by atoms with Crippen LogP contribution in [-0.4, -0.2) is 32.1 Å². The van der Waals surface area contributed by atoms with E-state index in [0.29, 0.717) is 11.1 Å². The molecule has 0 aromatic heterocycles. The minimum Gasteiger partial charge on any atom is -0.405 e. The molecule has 0 aliphatic carbocycles. The van der Waals surface area contributed by atoms with Gasteiger partial charge < -0.3 is 4.74 Å². The normalized spacial score (nSPS) is 21.5. The summed E-state index contributed by atoms with van der Waals surface area (Å²) in [6.45, 7) is 1.57. The van der Waals surface area contributed by atoms with Crippen molar-refractivity contribution < 1.29 is 17.9 Å². The number of sulfonamides is 1. The number of hydrogen-bond acceptors (Lipinski definition) is 5. The third kappa shape index (κ3) is 3.62. The molecule has 0 amide bonds. The third-order valence-electron chi connectivity index (χ3n) is 3.98. The molecule has 0 spiro atoms. The summed E-state index contributed by atoms with van der Waals surface area (Å²) in [5.41, 5.74) is -0.119. The maximum Gasteiger partial charge on any atom is 0.342 e. The van der Waals surface area contributed by atoms with Gasteiger partial charge in [0.05, 0.1) is 12.3 Å². The van der Waals surface area contributed by atoms with Crippen molar-refractivity contribution >= 4 is 21.9 Å². The molecule has 0 unspecified atom stereocenters. The highest BCUT2D eigenvalue weighted by atomic mass is 32.2. The Morgan fingerprint density at radius 2 is 1.60 bits per heavy atom. The molecule has 25 heavy (non-hydrogen) atoms. The van der Waals surface area contributed by atoms with Gasteiger partial charge in [-0.05, 0) is 24.6 Å². The highest BCUT2D eigenvalue weighted by Crippen LogP contribution is 2.35. The number of hydrogen-bond donors (Lipinski definition) is 1. The summed E-state index contributed by atoms with van der Waals surface area (Å²) >= 11 is 0. The average molecular weight is 358 g/mol. The number of nitrogens with one attached hydrogen (secondary N) is 1. The van der Waals surface area contributed by atoms with Crippen molar-refractivity contribution in [3.05, 3.63) is 71.8 Å². The number of aliphatic imine (C=N–C) groups is 1. The number of cyclic esters (lactones) is 1. The van der Waals surface area contributed by atoms with E-state index in [-0.39, 0.29) is 5.90 Å². The van der Waals surface area contributed by atoms with Crippen molar-refractivity contribution in [2.75, 3.05) is 6.26 Å². The lowest BCUT2D eigenvalue weighted by atomic mass is 9.88. The van der Waals surface area contributed by atoms with Crippen molar-refractivity contribution in [2.45, 2.75) is 18.5 Å². The monoisotopic (exact) mass is 358 g/mol. The number of carbonyl (C=O) groups excluding carboxylic acids is 1. The Bertz CT molecular complexity index is 911. The topological polar surface area (TPSA) is 84.8 Å². The number of rotatable bonds is 5. The van der Waals surface area contributed by atoms with Crippen molar-refractivity contribution in [2.24, 2.45) is 4.99 Å². The SMILES string of the molecule is C[C@]1([C@H](NS(C)(=O)=O)c2ccccc2)N=C(c2ccccc2)OC1=O. The quantitative estimate of drug-likeness (QED) is 0.829. The lowest BCUT2D eigenvalue weighted by molar-refractivity contribution is -0.139. The van der Waals surface area contributed by atoms with E-state index in [2.05, 4.69) is 9.71 Å². The van der Waals surface area contributed by atoms with Gasteiger partial charge in [-0.15, -0.1) is 0 Å². The third-order valence-corrected chi connectivity index (χ3v) is 4.65. The minimum absolute atomic E-state index is 0.185. The fraction of sp³-hybridized carbons (Fsp3) is 0.222. The van der Waals surface area contributed by atoms with Gasteiger partial charge in [-0.25, -0.2) is 22.9 Å². The molecule has 1 N–H and O–H groups in total. The van der Waals surface area contributed by atoms with Gasteiger partial charge in [-0.2, -0.15) is 0 Å². The summed E-state index contributed by atoms with van der Waals surface area (Å²) in [7, 11) is -3.58. The van der Waals surface area contributed by atoms with Crippen molar-refractivity contribution in [1.82, 2.24) is 4.72 Å². The summed E-state index contributed by atoms with van der Waals surface area (Å²) in [6, 6.07) is 17.0. The Balaban J connectivity index is 2.07. The smallest absolute Gasteiger partial charge is 0.342 e. The zero-order valence-electron chi connectivity index (χ0n) is 13.8. The van der Waals surface area contributed by atoms with E-state index < -0.39 is 27.6 Å². The van der Waals surface area contributed by atoms with E-state index in [1.807, 2.05) is 24.3 Å². The zero-order chi connectivity index (χ0) is 18.1. The van der Waals surface area contributed by atoms with Crippen LogP contribution < -0.4 is 4.72 Å². The van der Waals surface area contributed by atoms with E-state index in [0.717, 1.165) is 6.26 Å². The molecule has 1 aliphatic rings. The predicted octanol–water partition coefficient (Wildman–Crippen LogP) is 2.04. The van der Waals surface area contributed by atoms with Crippen molar-refractivity contribution in [3.63, 3.8) is 0 Å². The van der Waals surface area contributed by atoms with E-state index in [4.69, 9.17) is 4.74 Å². The molecule has 0 saturated heterocycles. The van der Waals surface area contributed by atoms with Gasteiger partial charge in [0, 0.05) is 5.56 Å². The van der Waals surface area contributed by atoms with Gasteiger partial charge in [-0.3, -0.25) is 0 Å². The molecule has 2 atom stereocenters. The Morgan fingerprint density at radius 3 is 2.16 bits per heavy atom. The number of benzene rings is 2. The van der Waals surface area contributed by atoms with Crippen molar-refractivity contribution in [3.8, 4) is 0 Å². The molecule has 7 heteroatoms. The Labute approximate surface area is 146 Å². The van der Waals surface area contributed by atoms with Gasteiger partial charge in [0.25, 0.3) is 0 Å². The summed E-state index contributed by atoms with van der Waals surface area (Å²) in [5.74, 6) is -0.416. The standard InChI is InChI=1S/C18H18N2O4S/c1-18(15(20-25(2,22)23)13-9-5-3-6-10-13)17(21)24-16(19-18)14-11-7-4-8-12-14/h3-12,15,20H,1-2H3/t15-,18-/m1/s1. The molecule has 6 nitrogen and oxygen atoms in total. The summed E-state index contributed by atoms with van der Waals surface area (Å²) in [5, 5.41) is 0. The maximum atomic E-state index is 12.6. The van der Waals surface area contributed by atoms with Crippen LogP contribution in [0.4, 0.5) is 0 Å². The van der Waals surface area contributed by atoms with Crippen LogP contribution in [0.5, 0.6) is 0 Å². The molecular formula is C18H18N2O4S. The summed E-state index contributed by atoms with van der Waals surface area (Å²) < 4.78 is 31.6. The highest BCUT2D eigenvalue weighted by Gasteiger charge is 2.50. The second-order valence-electron chi connectivity index (χ2n) is 6.05. The predicted molar refractivity (Wildman–Crippen MR) is 94.6 cm³/mol. The largest absolute Gasteiger partial charge is 0.405 e. The maximum absolute atomic E-state index is 12.6. The molecule has 0 fully saturated rings. The second kappa shape index (κ2) is 6.42. The second-order valence-corrected chi connectivity index (χ2v) is 7.83. The molecule has 1 aliphatic heterocycles. The molecular weight excluding hydrogens is 340 g/mol. The molecule has 1 heterocycles. The first-order chi connectivity index (χ1) is 11.8. The van der Waals surface area contributed by atoms with Gasteiger partial charge in [0.15, 0.2) is 5.54 Å². The van der Waals surface area contributed by atoms with Crippen LogP contribution in [-0.2, 0) is 19.6 Å². The molecule has 2 aromatic rings. The first kappa shape index (κ1) is 17.3. The number of carbonyl (C=O) groups is 1. The van der Waals surface area contributed by atoms with Gasteiger partial charge in [0.2, 0.25) is 15.9 Å². The lowest BCUT2D eigenvalue weighted by Gasteiger charge is -2.28. The Kier molecular flexibility index (Phi) is 4.45. The first-order valence-electron chi connectivity index (χ1n) is 7.69. The van der Waals surface area contributed by atoms with Crippen molar-refractivity contribution in [1.29, 1.82) is 0 Å². The zero-order valence-corrected chi connectivity index (χ0v) is 14.7. The summed E-state index contributed by atoms with van der Waals surface area (Å²) in [6.07, 6.45) is 1.05. The molecule has 130 valence electrons. The first-order valence-corrected chi connectivity index (χ1v) is 9.58. The van der Waals surface area contributed by atoms with Crippen LogP contribution in [0.2, 0.25) is 0 Å². The van der Waals surface area contributed by atoms with Gasteiger partial charge in [0.1, 0.15) is 0 Å². The van der Waals surface area contributed by atoms with E-state index in [1.54, 1.807) is 43.3 Å². The molecule has 2 aromatic carbocycles. The summed E-state index contributed by atoms with van der Waals surface area (Å²) in [4.78, 5) is 17.1. The Hall–Kier alpha value is -2.51. The Morgan fingerprint density at radius 1 is 1.04 bits per heavy atom. The average Bonchev–Trinajstić information content (AvgIpc) is 2.90. The van der Waals surface area contributed by atoms with Crippen LogP contribution >= 0.6 is 0 Å². The lowest BCUT2D eigenvalue weighted by Crippen LogP contribution is -2.46. The highest BCUT2D eigenvalue weighted by molar-refractivity contribution is 7.88. The van der Waals surface area contributed by atoms with Crippen LogP contribution in [0.1, 0.15) is 24.1 Å². The number of esters is 1. The van der Waals surface area contributed by atoms with Crippen LogP contribution in [0.15, 0.2) is 65.7 Å². The minimum atomic E-state index is -3.58. The fourth-order valence-corrected chi connectivity index (χ4v) is 3.52. The van der Waals surface area contributed by atoms with E-state index in [1.165, 1.54) is 0 Å². The van der Waals surface area contributed by atoms with Crippen LogP contribution in [0.25, 0.3) is 0 Å². The number of nitrogens with zero attached hydrogens (tertiary/aromatic N) is 1. The van der Waals surface area contributed by atoms with E-state index in [9.17, 15) is 13.2 Å².